The minimum Gasteiger partial charge on any atom is -0.501 e. The average Bonchev–Trinajstić information content (AvgIpc) is 3.34. The molecule has 0 radical (unpaired) electrons. The van der Waals surface area contributed by atoms with Crippen molar-refractivity contribution in [1.82, 2.24) is 24.1 Å². The van der Waals surface area contributed by atoms with Crippen LogP contribution in [0.3, 0.4) is 0 Å². The molecule has 0 atom stereocenters. The summed E-state index contributed by atoms with van der Waals surface area (Å²) >= 11 is 0. The van der Waals surface area contributed by atoms with Gasteiger partial charge in [0.05, 0.1) is 26.0 Å². The first-order valence-corrected chi connectivity index (χ1v) is 9.57. The number of allylic oxidation sites excluding steroid dienone is 4. The van der Waals surface area contributed by atoms with Gasteiger partial charge < -0.3 is 9.84 Å². The lowest BCUT2D eigenvalue weighted by Gasteiger charge is -2.14. The van der Waals surface area contributed by atoms with Gasteiger partial charge in [-0.25, -0.2) is 23.2 Å². The number of rotatable bonds is 7. The Morgan fingerprint density at radius 2 is 1.94 bits per heavy atom. The van der Waals surface area contributed by atoms with Gasteiger partial charge in [0.1, 0.15) is 17.8 Å². The number of carboxylic acids is 1. The van der Waals surface area contributed by atoms with E-state index in [1.165, 1.54) is 38.5 Å². The first-order valence-electron chi connectivity index (χ1n) is 9.57. The van der Waals surface area contributed by atoms with E-state index in [-0.39, 0.29) is 30.4 Å². The van der Waals surface area contributed by atoms with Crippen LogP contribution in [0.25, 0.3) is 5.82 Å². The summed E-state index contributed by atoms with van der Waals surface area (Å²) in [5.41, 5.74) is 1.20. The summed E-state index contributed by atoms with van der Waals surface area (Å²) in [6.45, 7) is 0.438. The maximum atomic E-state index is 13.1. The highest BCUT2D eigenvalue weighted by atomic mass is 19.1. The summed E-state index contributed by atoms with van der Waals surface area (Å²) in [4.78, 5) is 24.5. The van der Waals surface area contributed by atoms with Crippen molar-refractivity contribution in [3.8, 4) is 5.82 Å². The molecule has 2 aromatic heterocycles. The smallest absolute Gasteiger partial charge is 0.354 e. The Bertz CT molecular complexity index is 1230. The number of aromatic nitrogens is 5. The van der Waals surface area contributed by atoms with Crippen LogP contribution in [0, 0.1) is 5.82 Å². The highest BCUT2D eigenvalue weighted by Gasteiger charge is 2.19. The Morgan fingerprint density at radius 1 is 1.16 bits per heavy atom. The van der Waals surface area contributed by atoms with E-state index in [1.807, 2.05) is 12.2 Å². The second-order valence-electron chi connectivity index (χ2n) is 7.08. The van der Waals surface area contributed by atoms with Crippen LogP contribution in [0.5, 0.6) is 0 Å². The lowest BCUT2D eigenvalue weighted by atomic mass is 10.0. The number of ether oxygens (including phenoxy) is 1. The van der Waals surface area contributed by atoms with Crippen LogP contribution in [0.2, 0.25) is 0 Å². The third kappa shape index (κ3) is 4.32. The molecule has 160 valence electrons. The molecular formula is C21H20FN5O4. The molecule has 31 heavy (non-hydrogen) atoms. The predicted molar refractivity (Wildman–Crippen MR) is 108 cm³/mol. The molecule has 0 saturated carbocycles. The zero-order chi connectivity index (χ0) is 22.0. The summed E-state index contributed by atoms with van der Waals surface area (Å²) in [5, 5.41) is 18.0. The SMILES string of the molecule is COC1=CC=C(Cn2nc(-n3cnn(Cc4ccc(F)cc4)c3=O)cc2C(=O)O)CC1. The maximum absolute atomic E-state index is 13.1. The van der Waals surface area contributed by atoms with Crippen LogP contribution in [-0.2, 0) is 17.8 Å². The van der Waals surface area contributed by atoms with Gasteiger partial charge in [-0.15, -0.1) is 0 Å². The topological polar surface area (TPSA) is 104 Å². The fourth-order valence-electron chi connectivity index (χ4n) is 3.33. The Balaban J connectivity index is 1.61. The van der Waals surface area contributed by atoms with Crippen LogP contribution in [0.4, 0.5) is 4.39 Å². The first kappa shape index (κ1) is 20.3. The molecular weight excluding hydrogens is 405 g/mol. The van der Waals surface area contributed by atoms with Crippen molar-refractivity contribution in [3.63, 3.8) is 0 Å². The number of carboxylic acid groups (broad SMARTS) is 1. The quantitative estimate of drug-likeness (QED) is 0.623. The molecule has 1 aliphatic carbocycles. The molecule has 0 fully saturated rings. The number of hydrogen-bond acceptors (Lipinski definition) is 5. The molecule has 3 aromatic rings. The lowest BCUT2D eigenvalue weighted by molar-refractivity contribution is 0.0683. The average molecular weight is 425 g/mol. The number of nitrogens with zero attached hydrogens (tertiary/aromatic N) is 5. The van der Waals surface area contributed by atoms with Gasteiger partial charge in [0.25, 0.3) is 0 Å². The van der Waals surface area contributed by atoms with Crippen molar-refractivity contribution in [3.05, 3.63) is 87.7 Å². The number of halogens is 1. The van der Waals surface area contributed by atoms with Crippen molar-refractivity contribution in [1.29, 1.82) is 0 Å². The van der Waals surface area contributed by atoms with E-state index in [1.54, 1.807) is 19.2 Å². The molecule has 0 amide bonds. The Kier molecular flexibility index (Phi) is 5.52. The third-order valence-corrected chi connectivity index (χ3v) is 5.02. The molecule has 4 rings (SSSR count). The molecule has 0 saturated heterocycles. The number of hydrogen-bond donors (Lipinski definition) is 1. The van der Waals surface area contributed by atoms with Crippen LogP contribution in [0.15, 0.2) is 64.9 Å². The van der Waals surface area contributed by atoms with Crippen molar-refractivity contribution in [2.45, 2.75) is 25.9 Å². The predicted octanol–water partition coefficient (Wildman–Crippen LogP) is 2.37. The molecule has 0 spiro atoms. The van der Waals surface area contributed by atoms with E-state index >= 15 is 0 Å². The van der Waals surface area contributed by atoms with E-state index in [0.29, 0.717) is 5.56 Å². The second kappa shape index (κ2) is 8.42. The summed E-state index contributed by atoms with van der Waals surface area (Å²) in [6.07, 6.45) is 6.49. The van der Waals surface area contributed by atoms with Gasteiger partial charge in [-0.05, 0) is 35.8 Å². The molecule has 2 heterocycles. The summed E-state index contributed by atoms with van der Waals surface area (Å²) in [7, 11) is 1.61. The molecule has 9 nitrogen and oxygen atoms in total. The van der Waals surface area contributed by atoms with Gasteiger partial charge >= 0.3 is 11.7 Å². The monoisotopic (exact) mass is 425 g/mol. The Labute approximate surface area is 176 Å². The number of methoxy groups -OCH3 is 1. The molecule has 0 bridgehead atoms. The van der Waals surface area contributed by atoms with E-state index < -0.39 is 11.7 Å². The van der Waals surface area contributed by atoms with Crippen LogP contribution < -0.4 is 5.69 Å². The third-order valence-electron chi connectivity index (χ3n) is 5.02. The molecule has 1 aromatic carbocycles. The van der Waals surface area contributed by atoms with E-state index in [0.717, 1.165) is 24.2 Å². The van der Waals surface area contributed by atoms with Crippen LogP contribution >= 0.6 is 0 Å². The Morgan fingerprint density at radius 3 is 2.58 bits per heavy atom. The molecule has 10 heteroatoms. The number of aromatic carboxylic acids is 1. The number of carbonyl (C=O) groups is 1. The highest BCUT2D eigenvalue weighted by Crippen LogP contribution is 2.21. The van der Waals surface area contributed by atoms with Crippen molar-refractivity contribution in [2.24, 2.45) is 0 Å². The fraction of sp³-hybridized carbons (Fsp3) is 0.238. The van der Waals surface area contributed by atoms with Crippen molar-refractivity contribution < 1.29 is 19.0 Å². The zero-order valence-corrected chi connectivity index (χ0v) is 16.7. The zero-order valence-electron chi connectivity index (χ0n) is 16.7. The number of benzene rings is 1. The molecule has 1 aliphatic rings. The van der Waals surface area contributed by atoms with Gasteiger partial charge in [-0.1, -0.05) is 18.2 Å². The van der Waals surface area contributed by atoms with Crippen molar-refractivity contribution in [2.75, 3.05) is 7.11 Å². The van der Waals surface area contributed by atoms with Gasteiger partial charge in [-0.3, -0.25) is 4.68 Å². The van der Waals surface area contributed by atoms with Crippen molar-refractivity contribution >= 4 is 5.97 Å². The summed E-state index contributed by atoms with van der Waals surface area (Å²) < 4.78 is 22.0. The van der Waals surface area contributed by atoms with Crippen LogP contribution in [0.1, 0.15) is 28.9 Å². The highest BCUT2D eigenvalue weighted by molar-refractivity contribution is 5.86. The summed E-state index contributed by atoms with van der Waals surface area (Å²) in [5.74, 6) is -0.480. The first-order chi connectivity index (χ1) is 14.9. The maximum Gasteiger partial charge on any atom is 0.354 e. The fourth-order valence-corrected chi connectivity index (χ4v) is 3.33. The minimum atomic E-state index is -1.14. The van der Waals surface area contributed by atoms with Gasteiger partial charge in [0.15, 0.2) is 5.82 Å². The van der Waals surface area contributed by atoms with Gasteiger partial charge in [0, 0.05) is 12.5 Å². The van der Waals surface area contributed by atoms with E-state index in [2.05, 4.69) is 10.2 Å². The van der Waals surface area contributed by atoms with Gasteiger partial charge in [0.2, 0.25) is 0 Å². The Hall–Kier alpha value is -3.95. The molecule has 0 unspecified atom stereocenters. The standard InChI is InChI=1S/C21H20FN5O4/c1-31-17-8-4-15(5-9-17)11-26-18(20(28)29)10-19(24-26)25-13-23-27(21(25)30)12-14-2-6-16(22)7-3-14/h2-4,6-8,10,13H,5,9,11-12H2,1H3,(H,28,29). The normalized spacial score (nSPS) is 13.6. The molecule has 0 aliphatic heterocycles. The second-order valence-corrected chi connectivity index (χ2v) is 7.08. The largest absolute Gasteiger partial charge is 0.501 e. The summed E-state index contributed by atoms with van der Waals surface area (Å²) in [6, 6.07) is 7.10. The van der Waals surface area contributed by atoms with E-state index in [4.69, 9.17) is 4.74 Å². The molecule has 1 N–H and O–H groups in total. The lowest BCUT2D eigenvalue weighted by Crippen LogP contribution is -2.24. The minimum absolute atomic E-state index is 0.0318. The van der Waals surface area contributed by atoms with Crippen LogP contribution in [-0.4, -0.2) is 42.3 Å². The van der Waals surface area contributed by atoms with Gasteiger partial charge in [-0.2, -0.15) is 10.2 Å². The van der Waals surface area contributed by atoms with E-state index in [9.17, 15) is 19.1 Å².